The molecule has 0 heterocycles. The van der Waals surface area contributed by atoms with Gasteiger partial charge in [0.2, 0.25) is 0 Å². The summed E-state index contributed by atoms with van der Waals surface area (Å²) in [4.78, 5) is 0. The first-order valence-corrected chi connectivity index (χ1v) is 4.75. The van der Waals surface area contributed by atoms with Crippen LogP contribution in [0.1, 0.15) is 27.2 Å². The van der Waals surface area contributed by atoms with Crippen LogP contribution in [-0.4, -0.2) is 16.5 Å². The highest BCUT2D eigenvalue weighted by Gasteiger charge is 1.95. The summed E-state index contributed by atoms with van der Waals surface area (Å²) in [7, 11) is 0. The Morgan fingerprint density at radius 3 is 2.22 bits per heavy atom. The van der Waals surface area contributed by atoms with Crippen LogP contribution in [0.5, 0.6) is 0 Å². The van der Waals surface area contributed by atoms with Crippen LogP contribution in [0, 0.1) is 0 Å². The SMILES string of the molecule is CC(C)NCC[C@@H](C)I. The van der Waals surface area contributed by atoms with E-state index < -0.39 is 0 Å². The Hall–Kier alpha value is 0.690. The van der Waals surface area contributed by atoms with Gasteiger partial charge in [0.15, 0.2) is 0 Å². The maximum Gasteiger partial charge on any atom is 0.00933 e. The smallest absolute Gasteiger partial charge is 0.00933 e. The summed E-state index contributed by atoms with van der Waals surface area (Å²) in [5, 5.41) is 3.37. The van der Waals surface area contributed by atoms with Gasteiger partial charge < -0.3 is 5.32 Å². The Balaban J connectivity index is 2.91. The predicted octanol–water partition coefficient (Wildman–Crippen LogP) is 2.20. The highest BCUT2D eigenvalue weighted by molar-refractivity contribution is 14.1. The van der Waals surface area contributed by atoms with Crippen molar-refractivity contribution >= 4 is 22.6 Å². The van der Waals surface area contributed by atoms with Crippen LogP contribution in [0.4, 0.5) is 0 Å². The minimum atomic E-state index is 0.639. The molecule has 0 radical (unpaired) electrons. The molecular weight excluding hydrogens is 225 g/mol. The third-order valence-electron chi connectivity index (χ3n) is 1.09. The summed E-state index contributed by atoms with van der Waals surface area (Å²) in [6.07, 6.45) is 1.28. The maximum atomic E-state index is 3.37. The van der Waals surface area contributed by atoms with Gasteiger partial charge >= 0.3 is 0 Å². The molecule has 0 aliphatic carbocycles. The van der Waals surface area contributed by atoms with E-state index in [9.17, 15) is 0 Å². The van der Waals surface area contributed by atoms with Crippen LogP contribution in [0.25, 0.3) is 0 Å². The van der Waals surface area contributed by atoms with E-state index in [-0.39, 0.29) is 0 Å². The van der Waals surface area contributed by atoms with Gasteiger partial charge in [0.05, 0.1) is 0 Å². The lowest BCUT2D eigenvalue weighted by Gasteiger charge is -2.07. The van der Waals surface area contributed by atoms with Crippen LogP contribution in [0.2, 0.25) is 0 Å². The Bertz CT molecular complexity index is 53.9. The lowest BCUT2D eigenvalue weighted by molar-refractivity contribution is 0.573. The van der Waals surface area contributed by atoms with E-state index in [1.165, 1.54) is 6.42 Å². The fourth-order valence-corrected chi connectivity index (χ4v) is 0.882. The molecule has 0 aromatic rings. The monoisotopic (exact) mass is 241 g/mol. The molecule has 1 nitrogen and oxygen atoms in total. The highest BCUT2D eigenvalue weighted by Crippen LogP contribution is 2.01. The molecule has 0 fully saturated rings. The molecule has 0 unspecified atom stereocenters. The van der Waals surface area contributed by atoms with E-state index in [0.29, 0.717) is 6.04 Å². The minimum absolute atomic E-state index is 0.639. The molecule has 0 aliphatic rings. The molecule has 9 heavy (non-hydrogen) atoms. The molecule has 0 saturated heterocycles. The van der Waals surface area contributed by atoms with Crippen LogP contribution in [0.15, 0.2) is 0 Å². The molecule has 1 N–H and O–H groups in total. The number of hydrogen-bond acceptors (Lipinski definition) is 1. The number of alkyl halides is 1. The van der Waals surface area contributed by atoms with Gasteiger partial charge in [-0.1, -0.05) is 43.4 Å². The molecule has 0 rings (SSSR count). The van der Waals surface area contributed by atoms with Crippen molar-refractivity contribution in [1.29, 1.82) is 0 Å². The van der Waals surface area contributed by atoms with E-state index in [2.05, 4.69) is 48.7 Å². The lowest BCUT2D eigenvalue weighted by Crippen LogP contribution is -2.24. The number of hydrogen-bond donors (Lipinski definition) is 1. The molecule has 0 aromatic carbocycles. The number of nitrogens with one attached hydrogen (secondary N) is 1. The maximum absolute atomic E-state index is 3.37. The first kappa shape index (κ1) is 9.69. The molecule has 2 heteroatoms. The van der Waals surface area contributed by atoms with Crippen molar-refractivity contribution in [3.63, 3.8) is 0 Å². The van der Waals surface area contributed by atoms with Crippen LogP contribution >= 0.6 is 22.6 Å². The van der Waals surface area contributed by atoms with Gasteiger partial charge in [0.1, 0.15) is 0 Å². The fourth-order valence-electron chi connectivity index (χ4n) is 0.571. The van der Waals surface area contributed by atoms with Crippen molar-refractivity contribution in [3.8, 4) is 0 Å². The third kappa shape index (κ3) is 8.69. The van der Waals surface area contributed by atoms with Crippen molar-refractivity contribution < 1.29 is 0 Å². The van der Waals surface area contributed by atoms with Crippen molar-refractivity contribution in [2.45, 2.75) is 37.2 Å². The molecule has 1 atom stereocenters. The second-order valence-electron chi connectivity index (χ2n) is 2.68. The average molecular weight is 241 g/mol. The van der Waals surface area contributed by atoms with Crippen molar-refractivity contribution in [1.82, 2.24) is 5.32 Å². The van der Waals surface area contributed by atoms with Crippen LogP contribution < -0.4 is 5.32 Å². The van der Waals surface area contributed by atoms with E-state index >= 15 is 0 Å². The summed E-state index contributed by atoms with van der Waals surface area (Å²) in [5.74, 6) is 0. The second kappa shape index (κ2) is 5.47. The second-order valence-corrected chi connectivity index (χ2v) is 4.80. The highest BCUT2D eigenvalue weighted by atomic mass is 127. The first-order valence-electron chi connectivity index (χ1n) is 3.50. The van der Waals surface area contributed by atoms with Crippen molar-refractivity contribution in [2.24, 2.45) is 0 Å². The van der Waals surface area contributed by atoms with Crippen LogP contribution in [-0.2, 0) is 0 Å². The van der Waals surface area contributed by atoms with Crippen LogP contribution in [0.3, 0.4) is 0 Å². The molecular formula is C7H16IN. The summed E-state index contributed by atoms with van der Waals surface area (Å²) in [6.45, 7) is 7.75. The molecule has 0 bridgehead atoms. The summed E-state index contributed by atoms with van der Waals surface area (Å²) in [6, 6.07) is 0.639. The van der Waals surface area contributed by atoms with Gasteiger partial charge in [-0.3, -0.25) is 0 Å². The lowest BCUT2D eigenvalue weighted by atomic mass is 10.3. The van der Waals surface area contributed by atoms with Gasteiger partial charge in [-0.05, 0) is 13.0 Å². The van der Waals surface area contributed by atoms with Crippen molar-refractivity contribution in [3.05, 3.63) is 0 Å². The third-order valence-corrected chi connectivity index (χ3v) is 1.72. The van der Waals surface area contributed by atoms with Gasteiger partial charge in [0.25, 0.3) is 0 Å². The molecule has 0 aliphatic heterocycles. The molecule has 56 valence electrons. The Morgan fingerprint density at radius 1 is 1.33 bits per heavy atom. The van der Waals surface area contributed by atoms with E-state index in [1.807, 2.05) is 0 Å². The fraction of sp³-hybridized carbons (Fsp3) is 1.00. The largest absolute Gasteiger partial charge is 0.314 e. The summed E-state index contributed by atoms with van der Waals surface area (Å²) < 4.78 is 0.800. The Morgan fingerprint density at radius 2 is 1.89 bits per heavy atom. The zero-order valence-corrected chi connectivity index (χ0v) is 8.60. The number of rotatable bonds is 4. The molecule has 0 amide bonds. The zero-order valence-electron chi connectivity index (χ0n) is 6.45. The van der Waals surface area contributed by atoms with Crippen molar-refractivity contribution in [2.75, 3.05) is 6.54 Å². The van der Waals surface area contributed by atoms with Gasteiger partial charge in [-0.25, -0.2) is 0 Å². The summed E-state index contributed by atoms with van der Waals surface area (Å²) >= 11 is 2.45. The standard InChI is InChI=1S/C7H16IN/c1-6(2)9-5-4-7(3)8/h6-7,9H,4-5H2,1-3H3/t7-/m1/s1. The Kier molecular flexibility index (Phi) is 5.89. The Labute approximate surface area is 71.7 Å². The topological polar surface area (TPSA) is 12.0 Å². The van der Waals surface area contributed by atoms with Gasteiger partial charge in [-0.2, -0.15) is 0 Å². The minimum Gasteiger partial charge on any atom is -0.314 e. The predicted molar refractivity (Wildman–Crippen MR) is 51.2 cm³/mol. The molecule has 0 aromatic heterocycles. The normalized spacial score (nSPS) is 14.3. The van der Waals surface area contributed by atoms with Gasteiger partial charge in [0, 0.05) is 9.97 Å². The molecule has 0 spiro atoms. The zero-order chi connectivity index (χ0) is 7.28. The van der Waals surface area contributed by atoms with Gasteiger partial charge in [-0.15, -0.1) is 0 Å². The quantitative estimate of drug-likeness (QED) is 0.587. The molecule has 0 saturated carbocycles. The average Bonchev–Trinajstić information content (AvgIpc) is 1.63. The first-order chi connectivity index (χ1) is 4.13. The van der Waals surface area contributed by atoms with E-state index in [1.54, 1.807) is 0 Å². The number of halogens is 1. The van der Waals surface area contributed by atoms with E-state index in [4.69, 9.17) is 0 Å². The summed E-state index contributed by atoms with van der Waals surface area (Å²) in [5.41, 5.74) is 0. The van der Waals surface area contributed by atoms with E-state index in [0.717, 1.165) is 10.5 Å².